The molecule has 0 radical (unpaired) electrons. The largest absolute Gasteiger partial charge is 0.270 e. The molecule has 0 unspecified atom stereocenters. The summed E-state index contributed by atoms with van der Waals surface area (Å²) in [6.45, 7) is 0. The van der Waals surface area contributed by atoms with Crippen molar-refractivity contribution < 1.29 is 13.3 Å². The number of hydrogen-bond acceptors (Lipinski definition) is 5. The molecule has 0 saturated heterocycles. The van der Waals surface area contributed by atoms with E-state index in [2.05, 4.69) is 0 Å². The minimum absolute atomic E-state index is 0.212. The molecule has 0 aromatic heterocycles. The molecule has 0 spiro atoms. The maximum absolute atomic E-state index is 11.2. The summed E-state index contributed by atoms with van der Waals surface area (Å²) < 4.78 is 22.3. The molecule has 0 N–H and O–H groups in total. The SMILES string of the molecule is N#Cc1cc([N+](=O)[O-])ccc1S(=O)(=O)I. The minimum atomic E-state index is -3.56. The molecule has 0 atom stereocenters. The second-order valence-electron chi connectivity index (χ2n) is 2.49. The highest BCUT2D eigenvalue weighted by Gasteiger charge is 2.18. The van der Waals surface area contributed by atoms with Gasteiger partial charge in [0.2, 0.25) is 7.01 Å². The van der Waals surface area contributed by atoms with Crippen molar-refractivity contribution in [3.05, 3.63) is 33.9 Å². The molecular formula is C7H3IN2O4S. The van der Waals surface area contributed by atoms with Gasteiger partial charge >= 0.3 is 0 Å². The van der Waals surface area contributed by atoms with Gasteiger partial charge in [-0.05, 0) is 6.07 Å². The lowest BCUT2D eigenvalue weighted by Gasteiger charge is -1.98. The van der Waals surface area contributed by atoms with Crippen molar-refractivity contribution >= 4 is 33.9 Å². The topological polar surface area (TPSA) is 101 Å². The van der Waals surface area contributed by atoms with Crippen LogP contribution in [0.2, 0.25) is 0 Å². The van der Waals surface area contributed by atoms with Crippen LogP contribution >= 0.6 is 21.2 Å². The van der Waals surface area contributed by atoms with Crippen LogP contribution in [0.4, 0.5) is 5.69 Å². The molecule has 78 valence electrons. The van der Waals surface area contributed by atoms with Crippen molar-refractivity contribution in [1.82, 2.24) is 0 Å². The van der Waals surface area contributed by atoms with Crippen LogP contribution in [-0.4, -0.2) is 13.3 Å². The van der Waals surface area contributed by atoms with Crippen molar-refractivity contribution in [2.75, 3.05) is 0 Å². The first kappa shape index (κ1) is 11.9. The van der Waals surface area contributed by atoms with Gasteiger partial charge in [-0.3, -0.25) is 10.1 Å². The van der Waals surface area contributed by atoms with Crippen LogP contribution in [0.25, 0.3) is 0 Å². The fourth-order valence-electron chi connectivity index (χ4n) is 0.932. The maximum Gasteiger partial charge on any atom is 0.270 e. The van der Waals surface area contributed by atoms with E-state index in [1.165, 1.54) is 21.2 Å². The number of nitro benzene ring substituents is 1. The molecule has 0 aliphatic rings. The smallest absolute Gasteiger partial charge is 0.258 e. The monoisotopic (exact) mass is 338 g/mol. The van der Waals surface area contributed by atoms with Gasteiger partial charge in [0.1, 0.15) is 6.07 Å². The Balaban J connectivity index is 3.49. The van der Waals surface area contributed by atoms with Crippen LogP contribution in [0.15, 0.2) is 23.1 Å². The van der Waals surface area contributed by atoms with Gasteiger partial charge in [0.25, 0.3) is 5.69 Å². The predicted octanol–water partition coefficient (Wildman–Crippen LogP) is 1.59. The lowest BCUT2D eigenvalue weighted by molar-refractivity contribution is -0.384. The van der Waals surface area contributed by atoms with Gasteiger partial charge in [-0.25, -0.2) is 8.42 Å². The average molecular weight is 338 g/mol. The molecule has 1 aromatic rings. The van der Waals surface area contributed by atoms with Crippen molar-refractivity contribution in [2.24, 2.45) is 0 Å². The molecule has 15 heavy (non-hydrogen) atoms. The van der Waals surface area contributed by atoms with E-state index in [4.69, 9.17) is 5.26 Å². The molecule has 0 aliphatic heterocycles. The quantitative estimate of drug-likeness (QED) is 0.353. The summed E-state index contributed by atoms with van der Waals surface area (Å²) in [4.78, 5) is 9.47. The normalized spacial score (nSPS) is 10.7. The third kappa shape index (κ3) is 2.63. The zero-order valence-corrected chi connectivity index (χ0v) is 10.0. The number of halogens is 1. The van der Waals surface area contributed by atoms with Gasteiger partial charge in [-0.1, -0.05) is 0 Å². The molecule has 0 fully saturated rings. The van der Waals surface area contributed by atoms with Crippen LogP contribution in [0.1, 0.15) is 5.56 Å². The van der Waals surface area contributed by atoms with E-state index >= 15 is 0 Å². The van der Waals surface area contributed by atoms with Crippen molar-refractivity contribution in [2.45, 2.75) is 4.90 Å². The standard InChI is InChI=1S/C7H3IN2O4S/c8-15(13,14)7-2-1-6(10(11)12)3-5(7)4-9/h1-3H. The highest BCUT2D eigenvalue weighted by atomic mass is 127. The molecule has 0 bridgehead atoms. The number of hydrogen-bond donors (Lipinski definition) is 0. The molecular weight excluding hydrogens is 335 g/mol. The number of rotatable bonds is 2. The Kier molecular flexibility index (Phi) is 3.25. The zero-order valence-electron chi connectivity index (χ0n) is 7.05. The van der Waals surface area contributed by atoms with Gasteiger partial charge in [-0.2, -0.15) is 5.26 Å². The Morgan fingerprint density at radius 1 is 1.47 bits per heavy atom. The van der Waals surface area contributed by atoms with E-state index in [9.17, 15) is 18.5 Å². The van der Waals surface area contributed by atoms with Gasteiger partial charge in [0, 0.05) is 12.1 Å². The third-order valence-electron chi connectivity index (χ3n) is 1.56. The molecule has 1 aromatic carbocycles. The predicted molar refractivity (Wildman–Crippen MR) is 59.0 cm³/mol. The second kappa shape index (κ2) is 4.11. The summed E-state index contributed by atoms with van der Waals surface area (Å²) >= 11 is 1.17. The van der Waals surface area contributed by atoms with Crippen LogP contribution < -0.4 is 0 Å². The van der Waals surface area contributed by atoms with Gasteiger partial charge in [-0.15, -0.1) is 0 Å². The van der Waals surface area contributed by atoms with Gasteiger partial charge < -0.3 is 0 Å². The van der Waals surface area contributed by atoms with Gasteiger partial charge in [0.05, 0.1) is 36.6 Å². The summed E-state index contributed by atoms with van der Waals surface area (Å²) in [7, 11) is -3.56. The fourth-order valence-corrected chi connectivity index (χ4v) is 2.68. The lowest BCUT2D eigenvalue weighted by Crippen LogP contribution is -1.96. The highest BCUT2D eigenvalue weighted by molar-refractivity contribution is 14.2. The third-order valence-corrected chi connectivity index (χ3v) is 3.86. The first-order valence-corrected chi connectivity index (χ1v) is 7.52. The van der Waals surface area contributed by atoms with E-state index in [1.807, 2.05) is 0 Å². The van der Waals surface area contributed by atoms with Crippen LogP contribution in [0.5, 0.6) is 0 Å². The van der Waals surface area contributed by atoms with Crippen molar-refractivity contribution in [3.8, 4) is 6.07 Å². The first-order valence-electron chi connectivity index (χ1n) is 3.49. The van der Waals surface area contributed by atoms with Gasteiger partial charge in [0.15, 0.2) is 0 Å². The number of non-ortho nitro benzene ring substituents is 1. The highest BCUT2D eigenvalue weighted by Crippen LogP contribution is 2.25. The Morgan fingerprint density at radius 3 is 2.47 bits per heavy atom. The van der Waals surface area contributed by atoms with Crippen LogP contribution in [0.3, 0.4) is 0 Å². The Labute approximate surface area is 97.2 Å². The molecule has 0 amide bonds. The van der Waals surface area contributed by atoms with Crippen molar-refractivity contribution in [3.63, 3.8) is 0 Å². The molecule has 6 nitrogen and oxygen atoms in total. The lowest BCUT2D eigenvalue weighted by atomic mass is 10.2. The molecule has 0 heterocycles. The minimum Gasteiger partial charge on any atom is -0.258 e. The van der Waals surface area contributed by atoms with Crippen molar-refractivity contribution in [1.29, 1.82) is 5.26 Å². The Bertz CT molecular complexity index is 561. The summed E-state index contributed by atoms with van der Waals surface area (Å²) in [5, 5.41) is 19.0. The zero-order chi connectivity index (χ0) is 11.6. The number of nitriles is 1. The molecule has 8 heteroatoms. The van der Waals surface area contributed by atoms with E-state index < -0.39 is 11.9 Å². The first-order chi connectivity index (χ1) is 6.86. The number of benzene rings is 1. The fraction of sp³-hybridized carbons (Fsp3) is 0. The van der Waals surface area contributed by atoms with Crippen LogP contribution in [-0.2, 0) is 7.01 Å². The Hall–Kier alpha value is -1.21. The van der Waals surface area contributed by atoms with E-state index in [0.717, 1.165) is 18.2 Å². The van der Waals surface area contributed by atoms with E-state index in [-0.39, 0.29) is 16.1 Å². The molecule has 0 saturated carbocycles. The molecule has 1 rings (SSSR count). The van der Waals surface area contributed by atoms with E-state index in [0.29, 0.717) is 0 Å². The summed E-state index contributed by atoms with van der Waals surface area (Å²) in [5.41, 5.74) is -0.533. The maximum atomic E-state index is 11.2. The summed E-state index contributed by atoms with van der Waals surface area (Å²) in [6.07, 6.45) is 0. The number of nitrogens with zero attached hydrogens (tertiary/aromatic N) is 2. The second-order valence-corrected chi connectivity index (χ2v) is 7.28. The average Bonchev–Trinajstić information content (AvgIpc) is 2.15. The molecule has 0 aliphatic carbocycles. The number of nitro groups is 1. The Morgan fingerprint density at radius 2 is 2.07 bits per heavy atom. The summed E-state index contributed by atoms with van der Waals surface area (Å²) in [5.74, 6) is 0. The van der Waals surface area contributed by atoms with Crippen LogP contribution in [0, 0.1) is 21.4 Å². The summed E-state index contributed by atoms with van der Waals surface area (Å²) in [6, 6.07) is 4.65. The van der Waals surface area contributed by atoms with E-state index in [1.54, 1.807) is 6.07 Å².